The number of piperidine rings is 1. The molecule has 0 radical (unpaired) electrons. The van der Waals surface area contributed by atoms with E-state index in [4.69, 9.17) is 4.74 Å². The number of hydrogen-bond donors (Lipinski definition) is 2. The van der Waals surface area contributed by atoms with Gasteiger partial charge in [-0.05, 0) is 82.2 Å². The van der Waals surface area contributed by atoms with E-state index in [0.717, 1.165) is 5.56 Å². The Kier molecular flexibility index (Phi) is 10.5. The molecule has 1 aliphatic heterocycles. The fraction of sp³-hybridized carbons (Fsp3) is 0.562. The Bertz CT molecular complexity index is 1240. The number of nitrogens with zero attached hydrogens (tertiary/aromatic N) is 1. The Morgan fingerprint density at radius 1 is 0.864 bits per heavy atom. The monoisotopic (exact) mass is 627 g/mol. The third-order valence-electron chi connectivity index (χ3n) is 8.38. The summed E-state index contributed by atoms with van der Waals surface area (Å²) in [6.07, 6.45) is -8.53. The maximum atomic E-state index is 13.6. The molecule has 0 aromatic heterocycles. The number of urea groups is 1. The summed E-state index contributed by atoms with van der Waals surface area (Å²) in [5.41, 5.74) is -2.12. The molecular formula is C32H39F6N3O3. The topological polar surface area (TPSA) is 70.7 Å². The van der Waals surface area contributed by atoms with Crippen molar-refractivity contribution in [3.05, 3.63) is 70.8 Å². The first kappa shape index (κ1) is 33.6. The number of nitrogens with one attached hydrogen (secondary N) is 2. The minimum absolute atomic E-state index is 0.00945. The summed E-state index contributed by atoms with van der Waals surface area (Å²) < 4.78 is 87.0. The molecular weight excluding hydrogens is 588 g/mol. The molecule has 2 aliphatic rings. The van der Waals surface area contributed by atoms with Crippen molar-refractivity contribution in [3.8, 4) is 0 Å². The zero-order valence-corrected chi connectivity index (χ0v) is 25.0. The summed E-state index contributed by atoms with van der Waals surface area (Å²) in [4.78, 5) is 27.4. The Balaban J connectivity index is 1.46. The fourth-order valence-corrected chi connectivity index (χ4v) is 6.10. The molecule has 1 aliphatic carbocycles. The summed E-state index contributed by atoms with van der Waals surface area (Å²) >= 11 is 0. The maximum absolute atomic E-state index is 13.6. The van der Waals surface area contributed by atoms with Crippen molar-refractivity contribution in [1.29, 1.82) is 0 Å². The molecule has 6 nitrogen and oxygen atoms in total. The molecule has 1 saturated carbocycles. The van der Waals surface area contributed by atoms with Gasteiger partial charge in [0.1, 0.15) is 0 Å². The van der Waals surface area contributed by atoms with E-state index in [-0.39, 0.29) is 47.5 Å². The molecule has 2 fully saturated rings. The molecule has 2 aromatic carbocycles. The number of amides is 3. The normalized spacial score (nSPS) is 23.7. The Hall–Kier alpha value is -3.28. The summed E-state index contributed by atoms with van der Waals surface area (Å²) in [5, 5.41) is 5.77. The van der Waals surface area contributed by atoms with Crippen molar-refractivity contribution >= 4 is 11.9 Å². The molecule has 2 aromatic rings. The zero-order chi connectivity index (χ0) is 32.2. The fourth-order valence-electron chi connectivity index (χ4n) is 6.10. The maximum Gasteiger partial charge on any atom is 0.416 e. The zero-order valence-electron chi connectivity index (χ0n) is 25.0. The van der Waals surface area contributed by atoms with Crippen LogP contribution in [0.5, 0.6) is 0 Å². The van der Waals surface area contributed by atoms with Gasteiger partial charge in [-0.25, -0.2) is 4.79 Å². The molecule has 0 spiro atoms. The van der Waals surface area contributed by atoms with Gasteiger partial charge in [-0.2, -0.15) is 26.3 Å². The van der Waals surface area contributed by atoms with Crippen molar-refractivity contribution in [2.45, 2.75) is 95.4 Å². The average Bonchev–Trinajstić information content (AvgIpc) is 2.96. The molecule has 1 saturated heterocycles. The van der Waals surface area contributed by atoms with E-state index in [2.05, 4.69) is 10.6 Å². The predicted octanol–water partition coefficient (Wildman–Crippen LogP) is 7.45. The van der Waals surface area contributed by atoms with Crippen LogP contribution in [-0.2, 0) is 21.9 Å². The quantitative estimate of drug-likeness (QED) is 0.314. The van der Waals surface area contributed by atoms with E-state index in [1.54, 1.807) is 4.90 Å². The summed E-state index contributed by atoms with van der Waals surface area (Å²) in [5.74, 6) is -0.517. The largest absolute Gasteiger partial charge is 0.416 e. The SMILES string of the molecule is CC(C)NC(=O)NC1CCC(C(=O)N2CC[C@H](O[C@H](C)c3cc(C(F)(F)F)cc(C(F)(F)F)c3)[C@H](c3ccccc3)C2)CC1. The molecule has 0 unspecified atom stereocenters. The van der Waals surface area contributed by atoms with Crippen LogP contribution in [0.15, 0.2) is 48.5 Å². The van der Waals surface area contributed by atoms with Gasteiger partial charge < -0.3 is 20.3 Å². The van der Waals surface area contributed by atoms with Crippen molar-refractivity contribution in [2.75, 3.05) is 13.1 Å². The van der Waals surface area contributed by atoms with Gasteiger partial charge in [-0.3, -0.25) is 4.79 Å². The van der Waals surface area contributed by atoms with E-state index in [1.165, 1.54) is 6.92 Å². The smallest absolute Gasteiger partial charge is 0.370 e. The van der Waals surface area contributed by atoms with Gasteiger partial charge in [0.2, 0.25) is 5.91 Å². The van der Waals surface area contributed by atoms with Crippen LogP contribution >= 0.6 is 0 Å². The second kappa shape index (κ2) is 13.8. The molecule has 0 bridgehead atoms. The van der Waals surface area contributed by atoms with Gasteiger partial charge in [0.15, 0.2) is 0 Å². The molecule has 2 N–H and O–H groups in total. The van der Waals surface area contributed by atoms with E-state index < -0.39 is 35.7 Å². The number of carbonyl (C=O) groups excluding carboxylic acids is 2. The lowest BCUT2D eigenvalue weighted by atomic mass is 9.83. The highest BCUT2D eigenvalue weighted by Crippen LogP contribution is 2.40. The van der Waals surface area contributed by atoms with Crippen molar-refractivity contribution < 1.29 is 40.7 Å². The van der Waals surface area contributed by atoms with Crippen molar-refractivity contribution in [2.24, 2.45) is 5.92 Å². The first-order chi connectivity index (χ1) is 20.6. The highest BCUT2D eigenvalue weighted by Gasteiger charge is 2.40. The Morgan fingerprint density at radius 2 is 1.45 bits per heavy atom. The standard InChI is InChI=1S/C32H39F6N3O3/c1-19(2)39-30(43)40-26-11-9-22(10-12-26)29(42)41-14-13-28(27(18-41)21-7-5-4-6-8-21)44-20(3)23-15-24(31(33,34)35)17-25(16-23)32(36,37)38/h4-8,15-17,19-20,22,26-28H,9-14,18H2,1-3H3,(H2,39,40,43)/t20-,22?,26?,27+,28+/m1/s1. The van der Waals surface area contributed by atoms with Crippen LogP contribution in [-0.4, -0.2) is 48.1 Å². The summed E-state index contributed by atoms with van der Waals surface area (Å²) in [7, 11) is 0. The molecule has 3 amide bonds. The number of benzene rings is 2. The number of rotatable bonds is 7. The van der Waals surface area contributed by atoms with Gasteiger partial charge in [-0.1, -0.05) is 30.3 Å². The van der Waals surface area contributed by atoms with Gasteiger partial charge >= 0.3 is 18.4 Å². The Morgan fingerprint density at radius 3 is 2.00 bits per heavy atom. The lowest BCUT2D eigenvalue weighted by Crippen LogP contribution is -2.50. The van der Waals surface area contributed by atoms with Crippen LogP contribution in [0.2, 0.25) is 0 Å². The lowest BCUT2D eigenvalue weighted by molar-refractivity contribution is -0.143. The molecule has 12 heteroatoms. The van der Waals surface area contributed by atoms with Crippen LogP contribution in [0, 0.1) is 5.92 Å². The Labute approximate surface area is 253 Å². The third kappa shape index (κ3) is 8.67. The first-order valence-corrected chi connectivity index (χ1v) is 15.0. The number of hydrogen-bond acceptors (Lipinski definition) is 3. The van der Waals surface area contributed by atoms with Gasteiger partial charge in [0.05, 0.1) is 23.3 Å². The van der Waals surface area contributed by atoms with Crippen LogP contribution in [0.3, 0.4) is 0 Å². The van der Waals surface area contributed by atoms with Crippen molar-refractivity contribution in [1.82, 2.24) is 15.5 Å². The molecule has 3 atom stereocenters. The number of ether oxygens (including phenoxy) is 1. The first-order valence-electron chi connectivity index (χ1n) is 15.0. The van der Waals surface area contributed by atoms with Gasteiger partial charge in [0.25, 0.3) is 0 Å². The number of halogens is 6. The van der Waals surface area contributed by atoms with Crippen LogP contribution in [0.25, 0.3) is 0 Å². The molecule has 44 heavy (non-hydrogen) atoms. The van der Waals surface area contributed by atoms with E-state index >= 15 is 0 Å². The minimum Gasteiger partial charge on any atom is -0.370 e. The van der Waals surface area contributed by atoms with E-state index in [0.29, 0.717) is 57.3 Å². The van der Waals surface area contributed by atoms with Gasteiger partial charge in [-0.15, -0.1) is 0 Å². The van der Waals surface area contributed by atoms with Crippen LogP contribution < -0.4 is 10.6 Å². The third-order valence-corrected chi connectivity index (χ3v) is 8.38. The van der Waals surface area contributed by atoms with E-state index in [9.17, 15) is 35.9 Å². The second-order valence-electron chi connectivity index (χ2n) is 12.1. The molecule has 242 valence electrons. The van der Waals surface area contributed by atoms with Crippen molar-refractivity contribution in [3.63, 3.8) is 0 Å². The highest BCUT2D eigenvalue weighted by atomic mass is 19.4. The molecule has 4 rings (SSSR count). The molecule has 1 heterocycles. The highest BCUT2D eigenvalue weighted by molar-refractivity contribution is 5.79. The van der Waals surface area contributed by atoms with Crippen LogP contribution in [0.1, 0.15) is 87.2 Å². The van der Waals surface area contributed by atoms with Gasteiger partial charge in [0, 0.05) is 37.0 Å². The minimum atomic E-state index is -4.95. The summed E-state index contributed by atoms with van der Waals surface area (Å²) in [6.45, 7) is 5.86. The summed E-state index contributed by atoms with van der Waals surface area (Å²) in [6, 6.07) is 10.6. The predicted molar refractivity (Wildman–Crippen MR) is 153 cm³/mol. The van der Waals surface area contributed by atoms with E-state index in [1.807, 2.05) is 44.2 Å². The lowest BCUT2D eigenvalue weighted by Gasteiger charge is -2.42. The average molecular weight is 628 g/mol. The number of alkyl halides is 6. The number of likely N-dealkylation sites (tertiary alicyclic amines) is 1. The number of carbonyl (C=O) groups is 2. The van der Waals surface area contributed by atoms with Crippen LogP contribution in [0.4, 0.5) is 31.1 Å². The second-order valence-corrected chi connectivity index (χ2v) is 12.1.